The van der Waals surface area contributed by atoms with Crippen molar-refractivity contribution in [3.63, 3.8) is 0 Å². The van der Waals surface area contributed by atoms with Crippen LogP contribution in [-0.2, 0) is 21.3 Å². The zero-order valence-corrected chi connectivity index (χ0v) is 12.0. The molecule has 0 radical (unpaired) electrons. The van der Waals surface area contributed by atoms with Crippen molar-refractivity contribution < 1.29 is 14.6 Å². The maximum absolute atomic E-state index is 10.6. The van der Waals surface area contributed by atoms with Crippen LogP contribution in [0, 0.1) is 5.92 Å². The van der Waals surface area contributed by atoms with E-state index in [1.807, 2.05) is 0 Å². The summed E-state index contributed by atoms with van der Waals surface area (Å²) in [5.74, 6) is -0.193. The van der Waals surface area contributed by atoms with Crippen LogP contribution in [0.25, 0.3) is 0 Å². The molecule has 1 saturated carbocycles. The first kappa shape index (κ1) is 12.8. The van der Waals surface area contributed by atoms with Crippen molar-refractivity contribution in [2.75, 3.05) is 13.2 Å². The SMILES string of the molecule is C[C@]12CCC3(C[C@H]1[C@H](O)Cc1ccccc12)OCCO3. The van der Waals surface area contributed by atoms with Gasteiger partial charge in [0, 0.05) is 12.8 Å². The molecule has 1 aromatic rings. The molecule has 1 spiro atoms. The maximum atomic E-state index is 10.6. The second kappa shape index (κ2) is 4.30. The van der Waals surface area contributed by atoms with Gasteiger partial charge in [-0.1, -0.05) is 31.2 Å². The van der Waals surface area contributed by atoms with E-state index in [0.29, 0.717) is 13.2 Å². The van der Waals surface area contributed by atoms with Gasteiger partial charge in [-0.3, -0.25) is 0 Å². The molecule has 0 bridgehead atoms. The lowest BCUT2D eigenvalue weighted by Crippen LogP contribution is -2.54. The van der Waals surface area contributed by atoms with Gasteiger partial charge in [-0.25, -0.2) is 0 Å². The first-order chi connectivity index (χ1) is 9.63. The monoisotopic (exact) mass is 274 g/mol. The van der Waals surface area contributed by atoms with Gasteiger partial charge in [0.2, 0.25) is 0 Å². The Morgan fingerprint density at radius 1 is 1.15 bits per heavy atom. The highest BCUT2D eigenvalue weighted by molar-refractivity contribution is 5.39. The largest absolute Gasteiger partial charge is 0.392 e. The normalized spacial score (nSPS) is 38.5. The highest BCUT2D eigenvalue weighted by Crippen LogP contribution is 2.54. The zero-order chi connectivity index (χ0) is 13.8. The quantitative estimate of drug-likeness (QED) is 0.789. The van der Waals surface area contributed by atoms with Crippen LogP contribution in [0.4, 0.5) is 0 Å². The van der Waals surface area contributed by atoms with Gasteiger partial charge in [-0.2, -0.15) is 0 Å². The Balaban J connectivity index is 1.74. The molecule has 3 heteroatoms. The Labute approximate surface area is 119 Å². The lowest BCUT2D eigenvalue weighted by molar-refractivity contribution is -0.208. The Bertz CT molecular complexity index is 521. The van der Waals surface area contributed by atoms with Crippen LogP contribution in [0.3, 0.4) is 0 Å². The molecule has 2 aliphatic carbocycles. The predicted molar refractivity (Wildman–Crippen MR) is 75.5 cm³/mol. The van der Waals surface area contributed by atoms with Crippen LogP contribution < -0.4 is 0 Å². The summed E-state index contributed by atoms with van der Waals surface area (Å²) in [7, 11) is 0. The van der Waals surface area contributed by atoms with Crippen LogP contribution in [0.15, 0.2) is 24.3 Å². The molecule has 1 aliphatic heterocycles. The van der Waals surface area contributed by atoms with Crippen molar-refractivity contribution in [2.45, 2.75) is 49.9 Å². The van der Waals surface area contributed by atoms with Gasteiger partial charge < -0.3 is 14.6 Å². The Morgan fingerprint density at radius 2 is 1.90 bits per heavy atom. The molecule has 1 saturated heterocycles. The summed E-state index contributed by atoms with van der Waals surface area (Å²) in [6, 6.07) is 8.59. The minimum Gasteiger partial charge on any atom is -0.392 e. The van der Waals surface area contributed by atoms with Gasteiger partial charge in [-0.15, -0.1) is 0 Å². The number of benzene rings is 1. The van der Waals surface area contributed by atoms with E-state index >= 15 is 0 Å². The van der Waals surface area contributed by atoms with Gasteiger partial charge in [0.15, 0.2) is 5.79 Å². The summed E-state index contributed by atoms with van der Waals surface area (Å²) in [5, 5.41) is 10.6. The number of ether oxygens (including phenoxy) is 2. The molecule has 4 rings (SSSR count). The molecule has 2 fully saturated rings. The number of aliphatic hydroxyl groups excluding tert-OH is 1. The third kappa shape index (κ3) is 1.70. The molecule has 20 heavy (non-hydrogen) atoms. The molecule has 108 valence electrons. The molecule has 0 unspecified atom stereocenters. The standard InChI is InChI=1S/C17H22O3/c1-16-6-7-17(19-8-9-20-17)11-14(16)15(18)10-12-4-2-3-5-13(12)16/h2-5,14-15,18H,6-11H2,1H3/t14-,15+,16+/m0/s1. The summed E-state index contributed by atoms with van der Waals surface area (Å²) in [6.45, 7) is 3.69. The van der Waals surface area contributed by atoms with Crippen LogP contribution >= 0.6 is 0 Å². The summed E-state index contributed by atoms with van der Waals surface area (Å²) >= 11 is 0. The van der Waals surface area contributed by atoms with E-state index in [-0.39, 0.29) is 17.4 Å². The molecule has 1 N–H and O–H groups in total. The van der Waals surface area contributed by atoms with Crippen molar-refractivity contribution in [1.82, 2.24) is 0 Å². The van der Waals surface area contributed by atoms with E-state index in [9.17, 15) is 5.11 Å². The van der Waals surface area contributed by atoms with Crippen LogP contribution in [-0.4, -0.2) is 30.2 Å². The average molecular weight is 274 g/mol. The molecule has 1 aromatic carbocycles. The molecule has 3 atom stereocenters. The summed E-state index contributed by atoms with van der Waals surface area (Å²) < 4.78 is 11.8. The minimum atomic E-state index is -0.419. The summed E-state index contributed by atoms with van der Waals surface area (Å²) in [5.41, 5.74) is 2.78. The lowest BCUT2D eigenvalue weighted by atomic mass is 9.56. The van der Waals surface area contributed by atoms with Crippen LogP contribution in [0.5, 0.6) is 0 Å². The number of rotatable bonds is 0. The van der Waals surface area contributed by atoms with Crippen molar-refractivity contribution in [3.05, 3.63) is 35.4 Å². The van der Waals surface area contributed by atoms with E-state index in [4.69, 9.17) is 9.47 Å². The maximum Gasteiger partial charge on any atom is 0.168 e. The lowest BCUT2D eigenvalue weighted by Gasteiger charge is -2.52. The van der Waals surface area contributed by atoms with Crippen molar-refractivity contribution in [1.29, 1.82) is 0 Å². The summed E-state index contributed by atoms with van der Waals surface area (Å²) in [4.78, 5) is 0. The Kier molecular flexibility index (Phi) is 2.75. The second-order valence-corrected chi connectivity index (χ2v) is 6.76. The van der Waals surface area contributed by atoms with Crippen LogP contribution in [0.2, 0.25) is 0 Å². The fourth-order valence-corrected chi connectivity index (χ4v) is 4.58. The molecule has 3 nitrogen and oxygen atoms in total. The molecule has 0 amide bonds. The highest BCUT2D eigenvalue weighted by Gasteiger charge is 2.54. The predicted octanol–water partition coefficient (Wildman–Crippen LogP) is 2.40. The van der Waals surface area contributed by atoms with Gasteiger partial charge in [0.05, 0.1) is 19.3 Å². The molecular formula is C17H22O3. The third-order valence-corrected chi connectivity index (χ3v) is 5.71. The summed E-state index contributed by atoms with van der Waals surface area (Å²) in [6.07, 6.45) is 3.23. The van der Waals surface area contributed by atoms with E-state index < -0.39 is 5.79 Å². The molecular weight excluding hydrogens is 252 g/mol. The van der Waals surface area contributed by atoms with E-state index in [1.165, 1.54) is 11.1 Å². The Hall–Kier alpha value is -0.900. The first-order valence-corrected chi connectivity index (χ1v) is 7.67. The molecule has 0 aromatic heterocycles. The van der Waals surface area contributed by atoms with Crippen molar-refractivity contribution in [2.24, 2.45) is 5.92 Å². The fourth-order valence-electron chi connectivity index (χ4n) is 4.58. The van der Waals surface area contributed by atoms with E-state index in [1.54, 1.807) is 0 Å². The minimum absolute atomic E-state index is 0.0504. The Morgan fingerprint density at radius 3 is 2.70 bits per heavy atom. The van der Waals surface area contributed by atoms with Gasteiger partial charge in [0.1, 0.15) is 0 Å². The topological polar surface area (TPSA) is 38.7 Å². The van der Waals surface area contributed by atoms with E-state index in [0.717, 1.165) is 25.7 Å². The molecule has 1 heterocycles. The first-order valence-electron chi connectivity index (χ1n) is 7.67. The van der Waals surface area contributed by atoms with E-state index in [2.05, 4.69) is 31.2 Å². The average Bonchev–Trinajstić information content (AvgIpc) is 2.90. The van der Waals surface area contributed by atoms with Crippen LogP contribution in [0.1, 0.15) is 37.3 Å². The van der Waals surface area contributed by atoms with Gasteiger partial charge in [0.25, 0.3) is 0 Å². The third-order valence-electron chi connectivity index (χ3n) is 5.71. The number of aliphatic hydroxyl groups is 1. The fraction of sp³-hybridized carbons (Fsp3) is 0.647. The van der Waals surface area contributed by atoms with Gasteiger partial charge in [-0.05, 0) is 35.3 Å². The van der Waals surface area contributed by atoms with Gasteiger partial charge >= 0.3 is 0 Å². The second-order valence-electron chi connectivity index (χ2n) is 6.76. The molecule has 3 aliphatic rings. The number of fused-ring (bicyclic) bond motifs is 3. The zero-order valence-electron chi connectivity index (χ0n) is 12.0. The number of hydrogen-bond donors (Lipinski definition) is 1. The highest BCUT2D eigenvalue weighted by atomic mass is 16.7. The van der Waals surface area contributed by atoms with Crippen molar-refractivity contribution >= 4 is 0 Å². The smallest absolute Gasteiger partial charge is 0.168 e. The number of hydrogen-bond acceptors (Lipinski definition) is 3. The van der Waals surface area contributed by atoms with Crippen molar-refractivity contribution in [3.8, 4) is 0 Å².